The van der Waals surface area contributed by atoms with Gasteiger partial charge in [-0.3, -0.25) is 4.98 Å². The number of rotatable bonds is 0. The van der Waals surface area contributed by atoms with E-state index in [-0.39, 0.29) is 0 Å². The van der Waals surface area contributed by atoms with Crippen molar-refractivity contribution in [2.75, 3.05) is 0 Å². The van der Waals surface area contributed by atoms with E-state index in [9.17, 15) is 4.39 Å². The zero-order valence-corrected chi connectivity index (χ0v) is 8.18. The molecular weight excluding hydrogens is 189 g/mol. The maximum atomic E-state index is 13.4. The van der Waals surface area contributed by atoms with Crippen LogP contribution in [0.5, 0.6) is 0 Å². The summed E-state index contributed by atoms with van der Waals surface area (Å²) in [5.74, 6) is 0.336. The van der Waals surface area contributed by atoms with Gasteiger partial charge in [-0.25, -0.2) is 4.39 Å². The Balaban J connectivity index is 2.56. The second-order valence-electron chi connectivity index (χ2n) is 3.54. The van der Waals surface area contributed by atoms with Crippen molar-refractivity contribution in [1.82, 2.24) is 4.98 Å². The predicted molar refractivity (Wildman–Crippen MR) is 50.7 cm³/mol. The van der Waals surface area contributed by atoms with Crippen molar-refractivity contribution in [1.29, 1.82) is 0 Å². The summed E-state index contributed by atoms with van der Waals surface area (Å²) in [6.07, 6.45) is 2.08. The molecule has 0 saturated carbocycles. The first-order valence-electron chi connectivity index (χ1n) is 4.48. The van der Waals surface area contributed by atoms with E-state index >= 15 is 0 Å². The van der Waals surface area contributed by atoms with E-state index in [0.29, 0.717) is 23.1 Å². The van der Waals surface area contributed by atoms with E-state index in [1.165, 1.54) is 0 Å². The lowest BCUT2D eigenvalue weighted by Crippen LogP contribution is -2.12. The van der Waals surface area contributed by atoms with Crippen LogP contribution in [-0.4, -0.2) is 4.98 Å². The lowest BCUT2D eigenvalue weighted by molar-refractivity contribution is 0.283. The van der Waals surface area contributed by atoms with Gasteiger partial charge in [-0.2, -0.15) is 0 Å². The van der Waals surface area contributed by atoms with Gasteiger partial charge in [-0.15, -0.1) is 0 Å². The first-order chi connectivity index (χ1) is 6.20. The molecule has 3 heteroatoms. The molecule has 2 atom stereocenters. The summed E-state index contributed by atoms with van der Waals surface area (Å²) in [7, 11) is 0. The Morgan fingerprint density at radius 2 is 2.31 bits per heavy atom. The highest BCUT2D eigenvalue weighted by atomic mass is 35.5. The molecule has 0 N–H and O–H groups in total. The molecule has 0 aliphatic heterocycles. The van der Waals surface area contributed by atoms with E-state index < -0.39 is 6.17 Å². The number of hydrogen-bond acceptors (Lipinski definition) is 1. The van der Waals surface area contributed by atoms with Crippen molar-refractivity contribution < 1.29 is 4.39 Å². The first kappa shape index (κ1) is 8.95. The Morgan fingerprint density at radius 3 is 3.00 bits per heavy atom. The molecular formula is C10H11ClFN. The van der Waals surface area contributed by atoms with Crippen molar-refractivity contribution >= 4 is 11.6 Å². The van der Waals surface area contributed by atoms with Crippen molar-refractivity contribution in [3.05, 3.63) is 28.5 Å². The Morgan fingerprint density at radius 1 is 1.54 bits per heavy atom. The standard InChI is InChI=1S/C10H11ClFN/c1-6-2-3-8(12)10-9(6)7(11)4-5-13-10/h4-6,8H,2-3H2,1H3/t6-,8-/m1/s1. The molecule has 0 bridgehead atoms. The quantitative estimate of drug-likeness (QED) is 0.622. The van der Waals surface area contributed by atoms with E-state index in [1.807, 2.05) is 0 Å². The molecule has 1 heterocycles. The van der Waals surface area contributed by atoms with Gasteiger partial charge in [0.2, 0.25) is 0 Å². The fourth-order valence-corrected chi connectivity index (χ4v) is 2.22. The monoisotopic (exact) mass is 199 g/mol. The lowest BCUT2D eigenvalue weighted by atomic mass is 9.86. The summed E-state index contributed by atoms with van der Waals surface area (Å²) in [5, 5.41) is 0.653. The van der Waals surface area contributed by atoms with Crippen molar-refractivity contribution in [2.24, 2.45) is 0 Å². The predicted octanol–water partition coefficient (Wildman–Crippen LogP) is 3.64. The third kappa shape index (κ3) is 1.44. The fraction of sp³-hybridized carbons (Fsp3) is 0.500. The van der Waals surface area contributed by atoms with Crippen LogP contribution in [0.2, 0.25) is 5.02 Å². The summed E-state index contributed by atoms with van der Waals surface area (Å²) >= 11 is 6.00. The van der Waals surface area contributed by atoms with Crippen molar-refractivity contribution in [2.45, 2.75) is 31.9 Å². The Labute approximate surface area is 81.9 Å². The van der Waals surface area contributed by atoms with Crippen LogP contribution in [0.25, 0.3) is 0 Å². The molecule has 1 aromatic rings. The smallest absolute Gasteiger partial charge is 0.142 e. The molecule has 0 amide bonds. The molecule has 0 unspecified atom stereocenters. The van der Waals surface area contributed by atoms with Gasteiger partial charge in [-0.1, -0.05) is 18.5 Å². The number of pyridine rings is 1. The fourth-order valence-electron chi connectivity index (χ4n) is 1.88. The zero-order chi connectivity index (χ0) is 9.42. The minimum atomic E-state index is -0.926. The number of hydrogen-bond donors (Lipinski definition) is 0. The highest BCUT2D eigenvalue weighted by molar-refractivity contribution is 6.31. The van der Waals surface area contributed by atoms with Crippen LogP contribution in [0.15, 0.2) is 12.3 Å². The average molecular weight is 200 g/mol. The number of halogens is 2. The Bertz CT molecular complexity index is 327. The van der Waals surface area contributed by atoms with E-state index in [1.54, 1.807) is 12.3 Å². The van der Waals surface area contributed by atoms with Gasteiger partial charge in [0.15, 0.2) is 0 Å². The molecule has 13 heavy (non-hydrogen) atoms. The molecule has 0 fully saturated rings. The van der Waals surface area contributed by atoms with Crippen molar-refractivity contribution in [3.63, 3.8) is 0 Å². The third-order valence-electron chi connectivity index (χ3n) is 2.61. The third-order valence-corrected chi connectivity index (χ3v) is 2.94. The molecule has 1 nitrogen and oxygen atoms in total. The molecule has 0 aromatic carbocycles. The Hall–Kier alpha value is -0.630. The van der Waals surface area contributed by atoms with E-state index in [4.69, 9.17) is 11.6 Å². The summed E-state index contributed by atoms with van der Waals surface area (Å²) in [6, 6.07) is 1.73. The van der Waals surface area contributed by atoms with Gasteiger partial charge < -0.3 is 0 Å². The summed E-state index contributed by atoms with van der Waals surface area (Å²) in [4.78, 5) is 4.05. The Kier molecular flexibility index (Phi) is 2.24. The molecule has 1 aromatic heterocycles. The molecule has 2 rings (SSSR count). The summed E-state index contributed by atoms with van der Waals surface area (Å²) in [5.41, 5.74) is 1.45. The molecule has 70 valence electrons. The summed E-state index contributed by atoms with van der Waals surface area (Å²) < 4.78 is 13.4. The van der Waals surface area contributed by atoms with Gasteiger partial charge in [0.25, 0.3) is 0 Å². The van der Waals surface area contributed by atoms with Gasteiger partial charge in [-0.05, 0) is 30.4 Å². The van der Waals surface area contributed by atoms with Crippen LogP contribution >= 0.6 is 11.6 Å². The van der Waals surface area contributed by atoms with Crippen molar-refractivity contribution in [3.8, 4) is 0 Å². The van der Waals surface area contributed by atoms with Crippen LogP contribution in [-0.2, 0) is 0 Å². The lowest BCUT2D eigenvalue weighted by Gasteiger charge is -2.24. The molecule has 0 saturated heterocycles. The van der Waals surface area contributed by atoms with E-state index in [0.717, 1.165) is 12.0 Å². The number of nitrogens with zero attached hydrogens (tertiary/aromatic N) is 1. The minimum Gasteiger partial charge on any atom is -0.258 e. The van der Waals surface area contributed by atoms with Gasteiger partial charge >= 0.3 is 0 Å². The summed E-state index contributed by atoms with van der Waals surface area (Å²) in [6.45, 7) is 2.07. The maximum Gasteiger partial charge on any atom is 0.142 e. The van der Waals surface area contributed by atoms with Crippen LogP contribution < -0.4 is 0 Å². The van der Waals surface area contributed by atoms with Gasteiger partial charge in [0.05, 0.1) is 5.69 Å². The van der Waals surface area contributed by atoms with E-state index in [2.05, 4.69) is 11.9 Å². The molecule has 1 aliphatic rings. The SMILES string of the molecule is C[C@@H]1CC[C@@H](F)c2nccc(Cl)c21. The van der Waals surface area contributed by atoms with Gasteiger partial charge in [0.1, 0.15) is 6.17 Å². The molecule has 0 radical (unpaired) electrons. The topological polar surface area (TPSA) is 12.9 Å². The number of aromatic nitrogens is 1. The number of fused-ring (bicyclic) bond motifs is 1. The van der Waals surface area contributed by atoms with Crippen LogP contribution in [0.3, 0.4) is 0 Å². The normalized spacial score (nSPS) is 27.0. The van der Waals surface area contributed by atoms with Crippen LogP contribution in [0, 0.1) is 0 Å². The highest BCUT2D eigenvalue weighted by Crippen LogP contribution is 2.41. The maximum absolute atomic E-state index is 13.4. The second-order valence-corrected chi connectivity index (χ2v) is 3.94. The van der Waals surface area contributed by atoms with Crippen LogP contribution in [0.4, 0.5) is 4.39 Å². The first-order valence-corrected chi connectivity index (χ1v) is 4.86. The number of alkyl halides is 1. The zero-order valence-electron chi connectivity index (χ0n) is 7.43. The largest absolute Gasteiger partial charge is 0.258 e. The highest BCUT2D eigenvalue weighted by Gasteiger charge is 2.27. The molecule has 0 spiro atoms. The second kappa shape index (κ2) is 3.26. The average Bonchev–Trinajstić information content (AvgIpc) is 2.12. The van der Waals surface area contributed by atoms with Gasteiger partial charge in [0, 0.05) is 11.2 Å². The minimum absolute atomic E-state index is 0.336. The molecule has 1 aliphatic carbocycles. The van der Waals surface area contributed by atoms with Crippen LogP contribution in [0.1, 0.15) is 43.1 Å².